The van der Waals surface area contributed by atoms with Crippen molar-refractivity contribution in [2.75, 3.05) is 7.05 Å². The van der Waals surface area contributed by atoms with Crippen LogP contribution in [0.15, 0.2) is 53.3 Å². The number of hydrogen-bond acceptors (Lipinski definition) is 2. The summed E-state index contributed by atoms with van der Waals surface area (Å²) >= 11 is 5.99. The SMILES string of the molecule is CCCc1c(C(=O)NC)n(-c2ccc(Cl)cc2)c(=O)n1-c1ccc(C)cc1. The van der Waals surface area contributed by atoms with Crippen LogP contribution in [0, 0.1) is 6.92 Å². The zero-order valence-corrected chi connectivity index (χ0v) is 16.4. The number of aromatic nitrogens is 2. The van der Waals surface area contributed by atoms with E-state index in [2.05, 4.69) is 5.32 Å². The normalized spacial score (nSPS) is 10.8. The van der Waals surface area contributed by atoms with Crippen LogP contribution in [0.25, 0.3) is 11.4 Å². The van der Waals surface area contributed by atoms with E-state index in [1.807, 2.05) is 38.1 Å². The second kappa shape index (κ2) is 7.84. The quantitative estimate of drug-likeness (QED) is 0.726. The van der Waals surface area contributed by atoms with Gasteiger partial charge in [0.1, 0.15) is 5.69 Å². The molecular weight excluding hydrogens is 362 g/mol. The third kappa shape index (κ3) is 3.55. The number of amides is 1. The molecule has 0 saturated heterocycles. The second-order valence-electron chi connectivity index (χ2n) is 6.39. The molecule has 140 valence electrons. The molecule has 1 N–H and O–H groups in total. The van der Waals surface area contributed by atoms with E-state index in [-0.39, 0.29) is 11.6 Å². The van der Waals surface area contributed by atoms with E-state index >= 15 is 0 Å². The van der Waals surface area contributed by atoms with E-state index in [0.717, 1.165) is 17.7 Å². The monoisotopic (exact) mass is 383 g/mol. The molecule has 1 amide bonds. The average Bonchev–Trinajstić information content (AvgIpc) is 2.95. The summed E-state index contributed by atoms with van der Waals surface area (Å²) in [5.41, 5.74) is 3.22. The summed E-state index contributed by atoms with van der Waals surface area (Å²) in [5, 5.41) is 3.23. The van der Waals surface area contributed by atoms with Gasteiger partial charge >= 0.3 is 5.69 Å². The first-order valence-electron chi connectivity index (χ1n) is 8.89. The maximum atomic E-state index is 13.4. The predicted molar refractivity (Wildman–Crippen MR) is 108 cm³/mol. The molecule has 6 heteroatoms. The lowest BCUT2D eigenvalue weighted by atomic mass is 10.1. The summed E-state index contributed by atoms with van der Waals surface area (Å²) in [6.07, 6.45) is 1.41. The van der Waals surface area contributed by atoms with Crippen molar-refractivity contribution in [2.24, 2.45) is 0 Å². The number of nitrogens with one attached hydrogen (secondary N) is 1. The van der Waals surface area contributed by atoms with Crippen LogP contribution in [0.1, 0.15) is 35.1 Å². The van der Waals surface area contributed by atoms with E-state index in [1.54, 1.807) is 35.9 Å². The third-order valence-electron chi connectivity index (χ3n) is 4.46. The zero-order chi connectivity index (χ0) is 19.6. The maximum Gasteiger partial charge on any atom is 0.338 e. The topological polar surface area (TPSA) is 56.0 Å². The molecule has 0 aliphatic heterocycles. The van der Waals surface area contributed by atoms with Gasteiger partial charge in [0.05, 0.1) is 17.1 Å². The van der Waals surface area contributed by atoms with Crippen molar-refractivity contribution in [2.45, 2.75) is 26.7 Å². The van der Waals surface area contributed by atoms with Gasteiger partial charge in [0, 0.05) is 12.1 Å². The van der Waals surface area contributed by atoms with E-state index in [9.17, 15) is 9.59 Å². The molecule has 0 aliphatic rings. The van der Waals surface area contributed by atoms with Gasteiger partial charge in [-0.2, -0.15) is 0 Å². The van der Waals surface area contributed by atoms with Gasteiger partial charge in [-0.25, -0.2) is 4.79 Å². The summed E-state index contributed by atoms with van der Waals surface area (Å²) in [6, 6.07) is 14.6. The Balaban J connectivity index is 2.37. The molecule has 5 nitrogen and oxygen atoms in total. The van der Waals surface area contributed by atoms with Crippen LogP contribution in [0.5, 0.6) is 0 Å². The summed E-state index contributed by atoms with van der Waals surface area (Å²) in [4.78, 5) is 26.1. The second-order valence-corrected chi connectivity index (χ2v) is 6.83. The highest BCUT2D eigenvalue weighted by atomic mass is 35.5. The summed E-state index contributed by atoms with van der Waals surface area (Å²) in [5.74, 6) is -0.295. The van der Waals surface area contributed by atoms with Gasteiger partial charge in [-0.3, -0.25) is 13.9 Å². The Morgan fingerprint density at radius 1 is 1.00 bits per heavy atom. The number of imidazole rings is 1. The van der Waals surface area contributed by atoms with Crippen LogP contribution in [0.4, 0.5) is 0 Å². The highest BCUT2D eigenvalue weighted by Gasteiger charge is 2.25. The minimum Gasteiger partial charge on any atom is -0.354 e. The summed E-state index contributed by atoms with van der Waals surface area (Å²) < 4.78 is 3.09. The maximum absolute atomic E-state index is 13.4. The lowest BCUT2D eigenvalue weighted by Crippen LogP contribution is -2.27. The number of carbonyl (C=O) groups excluding carboxylic acids is 1. The number of nitrogens with zero attached hydrogens (tertiary/aromatic N) is 2. The van der Waals surface area contributed by atoms with Crippen LogP contribution in [-0.4, -0.2) is 22.1 Å². The molecule has 3 aromatic rings. The molecule has 1 aromatic heterocycles. The van der Waals surface area contributed by atoms with E-state index in [1.165, 1.54) is 4.57 Å². The molecule has 0 bridgehead atoms. The Bertz CT molecular complexity index is 1020. The van der Waals surface area contributed by atoms with Crippen molar-refractivity contribution in [1.29, 1.82) is 0 Å². The van der Waals surface area contributed by atoms with Gasteiger partial charge in [-0.05, 0) is 49.7 Å². The lowest BCUT2D eigenvalue weighted by Gasteiger charge is -2.09. The molecule has 27 heavy (non-hydrogen) atoms. The largest absolute Gasteiger partial charge is 0.354 e. The first kappa shape index (κ1) is 19.0. The van der Waals surface area contributed by atoms with Crippen LogP contribution in [0.3, 0.4) is 0 Å². The van der Waals surface area contributed by atoms with Crippen LogP contribution in [0.2, 0.25) is 5.02 Å². The molecular formula is C21H22ClN3O2. The smallest absolute Gasteiger partial charge is 0.338 e. The Morgan fingerprint density at radius 2 is 1.56 bits per heavy atom. The highest BCUT2D eigenvalue weighted by molar-refractivity contribution is 6.30. The zero-order valence-electron chi connectivity index (χ0n) is 15.6. The molecule has 1 heterocycles. The first-order valence-corrected chi connectivity index (χ1v) is 9.27. The minimum absolute atomic E-state index is 0.275. The molecule has 0 saturated carbocycles. The standard InChI is InChI=1S/C21H22ClN3O2/c1-4-5-18-19(20(26)23-3)25(17-12-8-15(22)9-13-17)21(27)24(18)16-10-6-14(2)7-11-16/h6-13H,4-5H2,1-3H3,(H,23,26). The predicted octanol–water partition coefficient (Wildman–Crippen LogP) is 3.90. The van der Waals surface area contributed by atoms with Crippen molar-refractivity contribution in [3.63, 3.8) is 0 Å². The molecule has 0 radical (unpaired) electrons. The number of halogens is 1. The van der Waals surface area contributed by atoms with Gasteiger partial charge < -0.3 is 5.32 Å². The summed E-state index contributed by atoms with van der Waals surface area (Å²) in [7, 11) is 1.57. The minimum atomic E-state index is -0.295. The number of rotatable bonds is 5. The fraction of sp³-hybridized carbons (Fsp3) is 0.238. The van der Waals surface area contributed by atoms with Gasteiger partial charge in [0.25, 0.3) is 5.91 Å². The van der Waals surface area contributed by atoms with Gasteiger partial charge in [0.2, 0.25) is 0 Å². The van der Waals surface area contributed by atoms with E-state index in [0.29, 0.717) is 28.5 Å². The Morgan fingerprint density at radius 3 is 2.11 bits per heavy atom. The third-order valence-corrected chi connectivity index (χ3v) is 4.71. The Hall–Kier alpha value is -2.79. The van der Waals surface area contributed by atoms with Gasteiger partial charge in [-0.15, -0.1) is 0 Å². The van der Waals surface area contributed by atoms with Crippen molar-refractivity contribution >= 4 is 17.5 Å². The van der Waals surface area contributed by atoms with Crippen LogP contribution >= 0.6 is 11.6 Å². The summed E-state index contributed by atoms with van der Waals surface area (Å²) in [6.45, 7) is 4.02. The molecule has 0 unspecified atom stereocenters. The number of carbonyl (C=O) groups is 1. The lowest BCUT2D eigenvalue weighted by molar-refractivity contribution is 0.0955. The van der Waals surface area contributed by atoms with Gasteiger partial charge in [0.15, 0.2) is 0 Å². The molecule has 3 rings (SSSR count). The van der Waals surface area contributed by atoms with E-state index in [4.69, 9.17) is 11.6 Å². The molecule has 0 atom stereocenters. The Kier molecular flexibility index (Phi) is 5.51. The number of hydrogen-bond donors (Lipinski definition) is 1. The fourth-order valence-corrected chi connectivity index (χ4v) is 3.28. The van der Waals surface area contributed by atoms with Crippen molar-refractivity contribution < 1.29 is 4.79 Å². The van der Waals surface area contributed by atoms with Crippen LogP contribution in [-0.2, 0) is 6.42 Å². The number of benzene rings is 2. The fourth-order valence-electron chi connectivity index (χ4n) is 3.15. The molecule has 0 spiro atoms. The van der Waals surface area contributed by atoms with Gasteiger partial charge in [-0.1, -0.05) is 42.6 Å². The number of aryl methyl sites for hydroxylation is 1. The van der Waals surface area contributed by atoms with Crippen molar-refractivity contribution in [1.82, 2.24) is 14.5 Å². The highest BCUT2D eigenvalue weighted by Crippen LogP contribution is 2.21. The van der Waals surface area contributed by atoms with Crippen LogP contribution < -0.4 is 11.0 Å². The molecule has 0 aliphatic carbocycles. The van der Waals surface area contributed by atoms with E-state index < -0.39 is 0 Å². The molecule has 0 fully saturated rings. The molecule has 2 aromatic carbocycles. The Labute approximate surface area is 163 Å². The first-order chi connectivity index (χ1) is 13.0. The van der Waals surface area contributed by atoms with Crippen molar-refractivity contribution in [3.05, 3.63) is 81.0 Å². The van der Waals surface area contributed by atoms with Crippen molar-refractivity contribution in [3.8, 4) is 11.4 Å². The average molecular weight is 384 g/mol.